The van der Waals surface area contributed by atoms with E-state index in [0.717, 1.165) is 48.3 Å². The van der Waals surface area contributed by atoms with Crippen molar-refractivity contribution < 1.29 is 4.74 Å². The Balaban J connectivity index is 0.00000261. The first-order valence-corrected chi connectivity index (χ1v) is 9.38. The van der Waals surface area contributed by atoms with Crippen LogP contribution in [-0.2, 0) is 13.0 Å². The molecule has 1 fully saturated rings. The Kier molecular flexibility index (Phi) is 9.14. The quantitative estimate of drug-likeness (QED) is 0.248. The number of rotatable bonds is 8. The van der Waals surface area contributed by atoms with E-state index in [-0.39, 0.29) is 24.0 Å². The molecule has 0 amide bonds. The van der Waals surface area contributed by atoms with Crippen molar-refractivity contribution in [1.82, 2.24) is 15.6 Å². The van der Waals surface area contributed by atoms with Crippen LogP contribution in [0.25, 0.3) is 0 Å². The Bertz CT molecular complexity index is 735. The summed E-state index contributed by atoms with van der Waals surface area (Å²) >= 11 is 5.81. The first-order valence-electron chi connectivity index (χ1n) is 9.00. The van der Waals surface area contributed by atoms with Crippen LogP contribution in [0.15, 0.2) is 47.6 Å². The Morgan fingerprint density at radius 2 is 2.04 bits per heavy atom. The van der Waals surface area contributed by atoms with Crippen molar-refractivity contribution in [2.24, 2.45) is 10.9 Å². The molecule has 5 nitrogen and oxygen atoms in total. The van der Waals surface area contributed by atoms with E-state index in [1.54, 1.807) is 13.2 Å². The molecule has 0 aliphatic heterocycles. The molecule has 0 unspecified atom stereocenters. The normalized spacial score (nSPS) is 13.6. The Morgan fingerprint density at radius 1 is 1.22 bits per heavy atom. The molecule has 1 heterocycles. The second-order valence-electron chi connectivity index (χ2n) is 6.45. The summed E-state index contributed by atoms with van der Waals surface area (Å²) in [5.41, 5.74) is 2.27. The number of halogens is 2. The number of para-hydroxylation sites is 1. The fourth-order valence-corrected chi connectivity index (χ4v) is 2.67. The molecule has 2 N–H and O–H groups in total. The van der Waals surface area contributed by atoms with E-state index >= 15 is 0 Å². The highest BCUT2D eigenvalue weighted by Gasteiger charge is 2.22. The zero-order valence-corrected chi connectivity index (χ0v) is 18.5. The lowest BCUT2D eigenvalue weighted by molar-refractivity contribution is 0.296. The third kappa shape index (κ3) is 7.54. The number of pyridine rings is 1. The number of nitrogens with one attached hydrogen (secondary N) is 2. The van der Waals surface area contributed by atoms with Crippen LogP contribution in [0.4, 0.5) is 0 Å². The second kappa shape index (κ2) is 11.3. The van der Waals surface area contributed by atoms with E-state index in [9.17, 15) is 0 Å². The van der Waals surface area contributed by atoms with Gasteiger partial charge in [0, 0.05) is 31.9 Å². The summed E-state index contributed by atoms with van der Waals surface area (Å²) in [6.07, 6.45) is 5.24. The molecule has 7 heteroatoms. The molecule has 0 bridgehead atoms. The zero-order valence-electron chi connectivity index (χ0n) is 15.5. The maximum Gasteiger partial charge on any atom is 0.191 e. The van der Waals surface area contributed by atoms with E-state index in [1.807, 2.05) is 30.3 Å². The van der Waals surface area contributed by atoms with Gasteiger partial charge in [-0.25, -0.2) is 4.98 Å². The van der Waals surface area contributed by atoms with Crippen LogP contribution in [-0.4, -0.2) is 31.1 Å². The van der Waals surface area contributed by atoms with Crippen LogP contribution >= 0.6 is 35.6 Å². The number of aliphatic imine (C=N–C) groups is 1. The Labute approximate surface area is 183 Å². The van der Waals surface area contributed by atoms with Gasteiger partial charge in [0.05, 0.1) is 6.61 Å². The van der Waals surface area contributed by atoms with Crippen molar-refractivity contribution in [2.45, 2.75) is 25.8 Å². The fraction of sp³-hybridized carbons (Fsp3) is 0.400. The predicted molar refractivity (Wildman–Crippen MR) is 121 cm³/mol. The molecule has 0 radical (unpaired) electrons. The van der Waals surface area contributed by atoms with Gasteiger partial charge in [-0.3, -0.25) is 4.99 Å². The predicted octanol–water partition coefficient (Wildman–Crippen LogP) is 4.05. The molecule has 1 aromatic heterocycles. The highest BCUT2D eigenvalue weighted by Crippen LogP contribution is 2.30. The monoisotopic (exact) mass is 500 g/mol. The van der Waals surface area contributed by atoms with Crippen molar-refractivity contribution >= 4 is 41.5 Å². The maximum atomic E-state index is 5.96. The number of hydrogen-bond acceptors (Lipinski definition) is 3. The van der Waals surface area contributed by atoms with Crippen LogP contribution in [0.3, 0.4) is 0 Å². The van der Waals surface area contributed by atoms with Gasteiger partial charge in [0.25, 0.3) is 0 Å². The number of nitrogens with zero attached hydrogens (tertiary/aromatic N) is 2. The average Bonchev–Trinajstić information content (AvgIpc) is 3.49. The Hall–Kier alpha value is -1.54. The molecule has 0 spiro atoms. The molecular weight excluding hydrogens is 475 g/mol. The summed E-state index contributed by atoms with van der Waals surface area (Å²) in [6.45, 7) is 2.25. The van der Waals surface area contributed by atoms with E-state index in [4.69, 9.17) is 16.3 Å². The molecule has 1 aliphatic rings. The standard InChI is InChI=1S/C20H25ClN4O.HI/c1-22-20(23-11-10-15-8-9-19(21)24-12-15)25-13-17-4-2-3-5-18(17)26-14-16-6-7-16;/h2-5,8-9,12,16H,6-7,10-11,13-14H2,1H3,(H2,22,23,25);1H. The van der Waals surface area contributed by atoms with Gasteiger partial charge in [-0.05, 0) is 42.9 Å². The number of guanidine groups is 1. The molecule has 0 atom stereocenters. The minimum absolute atomic E-state index is 0. The van der Waals surface area contributed by atoms with Crippen LogP contribution < -0.4 is 15.4 Å². The summed E-state index contributed by atoms with van der Waals surface area (Å²) in [4.78, 5) is 8.37. The topological polar surface area (TPSA) is 58.5 Å². The number of benzene rings is 1. The largest absolute Gasteiger partial charge is 0.493 e. The molecule has 1 aromatic carbocycles. The van der Waals surface area contributed by atoms with Gasteiger partial charge in [-0.1, -0.05) is 35.9 Å². The van der Waals surface area contributed by atoms with Crippen LogP contribution in [0.2, 0.25) is 5.15 Å². The van der Waals surface area contributed by atoms with Crippen molar-refractivity contribution in [1.29, 1.82) is 0 Å². The van der Waals surface area contributed by atoms with Gasteiger partial charge in [-0.2, -0.15) is 0 Å². The lowest BCUT2D eigenvalue weighted by Gasteiger charge is -2.15. The van der Waals surface area contributed by atoms with E-state index in [1.165, 1.54) is 12.8 Å². The van der Waals surface area contributed by atoms with Crippen molar-refractivity contribution in [3.05, 3.63) is 58.9 Å². The number of aromatic nitrogens is 1. The van der Waals surface area contributed by atoms with Gasteiger partial charge in [0.2, 0.25) is 0 Å². The summed E-state index contributed by atoms with van der Waals surface area (Å²) in [5.74, 6) is 2.46. The highest BCUT2D eigenvalue weighted by atomic mass is 127. The van der Waals surface area contributed by atoms with E-state index < -0.39 is 0 Å². The summed E-state index contributed by atoms with van der Waals surface area (Å²) < 4.78 is 5.96. The average molecular weight is 501 g/mol. The second-order valence-corrected chi connectivity index (χ2v) is 6.84. The third-order valence-corrected chi connectivity index (χ3v) is 4.53. The van der Waals surface area contributed by atoms with Crippen LogP contribution in [0, 0.1) is 5.92 Å². The summed E-state index contributed by atoms with van der Waals surface area (Å²) in [5, 5.41) is 7.18. The molecule has 27 heavy (non-hydrogen) atoms. The fourth-order valence-electron chi connectivity index (χ4n) is 2.56. The highest BCUT2D eigenvalue weighted by molar-refractivity contribution is 14.0. The summed E-state index contributed by atoms with van der Waals surface area (Å²) in [7, 11) is 1.77. The Morgan fingerprint density at radius 3 is 2.74 bits per heavy atom. The zero-order chi connectivity index (χ0) is 18.2. The third-order valence-electron chi connectivity index (χ3n) is 4.31. The van der Waals surface area contributed by atoms with E-state index in [2.05, 4.69) is 26.7 Å². The molecular formula is C20H26ClIN4O. The number of ether oxygens (including phenoxy) is 1. The first kappa shape index (κ1) is 21.8. The van der Waals surface area contributed by atoms with Crippen LogP contribution in [0.1, 0.15) is 24.0 Å². The van der Waals surface area contributed by atoms with Gasteiger partial charge >= 0.3 is 0 Å². The molecule has 0 saturated heterocycles. The molecule has 1 saturated carbocycles. The lowest BCUT2D eigenvalue weighted by Crippen LogP contribution is -2.37. The van der Waals surface area contributed by atoms with Crippen molar-refractivity contribution in [2.75, 3.05) is 20.2 Å². The van der Waals surface area contributed by atoms with Gasteiger partial charge < -0.3 is 15.4 Å². The van der Waals surface area contributed by atoms with Crippen molar-refractivity contribution in [3.8, 4) is 5.75 Å². The minimum Gasteiger partial charge on any atom is -0.493 e. The number of hydrogen-bond donors (Lipinski definition) is 2. The van der Waals surface area contributed by atoms with E-state index in [0.29, 0.717) is 11.7 Å². The molecule has 146 valence electrons. The molecule has 2 aromatic rings. The van der Waals surface area contributed by atoms with Gasteiger partial charge in [0.15, 0.2) is 5.96 Å². The smallest absolute Gasteiger partial charge is 0.191 e. The van der Waals surface area contributed by atoms with Gasteiger partial charge in [0.1, 0.15) is 10.9 Å². The maximum absolute atomic E-state index is 5.96. The van der Waals surface area contributed by atoms with Crippen molar-refractivity contribution in [3.63, 3.8) is 0 Å². The lowest BCUT2D eigenvalue weighted by atomic mass is 10.2. The van der Waals surface area contributed by atoms with Gasteiger partial charge in [-0.15, -0.1) is 24.0 Å². The first-order chi connectivity index (χ1) is 12.7. The molecule has 1 aliphatic carbocycles. The van der Waals surface area contributed by atoms with Crippen LogP contribution in [0.5, 0.6) is 5.75 Å². The minimum atomic E-state index is 0. The SMILES string of the molecule is CN=C(NCCc1ccc(Cl)nc1)NCc1ccccc1OCC1CC1.I. The molecule has 3 rings (SSSR count). The summed E-state index contributed by atoms with van der Waals surface area (Å²) in [6, 6.07) is 12.0.